The Hall–Kier alpha value is -2.67. The van der Waals surface area contributed by atoms with Crippen LogP contribution in [0.2, 0.25) is 0 Å². The van der Waals surface area contributed by atoms with E-state index in [0.717, 1.165) is 27.4 Å². The molecule has 3 aromatic rings. The molecular formula is C19H18N4O2S. The van der Waals surface area contributed by atoms with Crippen LogP contribution in [0.15, 0.2) is 40.2 Å². The summed E-state index contributed by atoms with van der Waals surface area (Å²) < 4.78 is 10.4. The molecule has 2 bridgehead atoms. The van der Waals surface area contributed by atoms with Crippen molar-refractivity contribution >= 4 is 17.4 Å². The molecule has 2 aromatic heterocycles. The maximum absolute atomic E-state index is 13.2. The minimum Gasteiger partial charge on any atom is -0.466 e. The van der Waals surface area contributed by atoms with Gasteiger partial charge in [0, 0.05) is 30.3 Å². The van der Waals surface area contributed by atoms with Gasteiger partial charge in [-0.25, -0.2) is 4.99 Å². The number of benzene rings is 1. The Balaban J connectivity index is 1.77. The fourth-order valence-corrected chi connectivity index (χ4v) is 4.85. The van der Waals surface area contributed by atoms with Crippen LogP contribution in [0.3, 0.4) is 0 Å². The Morgan fingerprint density at radius 1 is 1.38 bits per heavy atom. The summed E-state index contributed by atoms with van der Waals surface area (Å²) >= 11 is 1.42. The summed E-state index contributed by atoms with van der Waals surface area (Å²) in [6, 6.07) is 7.88. The highest BCUT2D eigenvalue weighted by Crippen LogP contribution is 2.42. The molecule has 0 amide bonds. The molecule has 2 atom stereocenters. The van der Waals surface area contributed by atoms with Gasteiger partial charge in [-0.15, -0.1) is 0 Å². The number of thiazole rings is 1. The minimum absolute atomic E-state index is 0.000700. The summed E-state index contributed by atoms with van der Waals surface area (Å²) in [5.41, 5.74) is 2.40. The first-order valence-corrected chi connectivity index (χ1v) is 9.36. The Morgan fingerprint density at radius 2 is 2.19 bits per heavy atom. The van der Waals surface area contributed by atoms with Gasteiger partial charge >= 0.3 is 0 Å². The summed E-state index contributed by atoms with van der Waals surface area (Å²) in [5, 5.41) is 4.26. The minimum atomic E-state index is -0.627. The van der Waals surface area contributed by atoms with Crippen molar-refractivity contribution in [2.45, 2.75) is 32.0 Å². The zero-order chi connectivity index (χ0) is 18.1. The Kier molecular flexibility index (Phi) is 3.10. The lowest BCUT2D eigenvalue weighted by Crippen LogP contribution is -2.49. The average Bonchev–Trinajstić information content (AvgIpc) is 3.08. The van der Waals surface area contributed by atoms with E-state index in [9.17, 15) is 4.79 Å². The second-order valence-corrected chi connectivity index (χ2v) is 8.03. The number of nitrogens with zero attached hydrogens (tertiary/aromatic N) is 4. The van der Waals surface area contributed by atoms with E-state index in [0.29, 0.717) is 11.0 Å². The number of hydrogen-bond acceptors (Lipinski definition) is 5. The summed E-state index contributed by atoms with van der Waals surface area (Å²) in [6.07, 6.45) is 4.36. The van der Waals surface area contributed by atoms with Crippen LogP contribution in [0.4, 0.5) is 0 Å². The van der Waals surface area contributed by atoms with Crippen molar-refractivity contribution in [3.05, 3.63) is 67.0 Å². The fourth-order valence-electron chi connectivity index (χ4n) is 3.74. The monoisotopic (exact) mass is 366 g/mol. The normalized spacial score (nSPS) is 23.8. The average molecular weight is 366 g/mol. The molecule has 5 rings (SSSR count). The second-order valence-electron chi connectivity index (χ2n) is 7.02. The Morgan fingerprint density at radius 3 is 2.96 bits per heavy atom. The third-order valence-electron chi connectivity index (χ3n) is 5.22. The Labute approximate surface area is 153 Å². The van der Waals surface area contributed by atoms with E-state index in [1.54, 1.807) is 10.9 Å². The number of rotatable bonds is 1. The fraction of sp³-hybridized carbons (Fsp3) is 0.316. The number of para-hydroxylation sites is 1. The standard InChI is InChI=1S/C19H18N4O2S/c1-11-12(10-20-22(11)3)8-16-17(24)23-14-9-19(2,21-18(23)26-16)25-15-7-5-4-6-13(14)15/h4-8,10,14H,9H2,1-3H3/b16-8+/t14-,19+/m1/s1. The summed E-state index contributed by atoms with van der Waals surface area (Å²) in [7, 11) is 1.90. The van der Waals surface area contributed by atoms with Crippen molar-refractivity contribution in [3.63, 3.8) is 0 Å². The maximum atomic E-state index is 13.2. The van der Waals surface area contributed by atoms with Gasteiger partial charge in [-0.3, -0.25) is 14.0 Å². The molecule has 7 heteroatoms. The van der Waals surface area contributed by atoms with Gasteiger partial charge in [-0.1, -0.05) is 29.5 Å². The number of aryl methyl sites for hydroxylation is 1. The van der Waals surface area contributed by atoms with Gasteiger partial charge in [-0.05, 0) is 26.0 Å². The largest absolute Gasteiger partial charge is 0.466 e. The number of fused-ring (bicyclic) bond motifs is 6. The number of aromatic nitrogens is 3. The van der Waals surface area contributed by atoms with E-state index < -0.39 is 5.72 Å². The maximum Gasteiger partial charge on any atom is 0.270 e. The molecule has 0 fully saturated rings. The first-order chi connectivity index (χ1) is 12.5. The van der Waals surface area contributed by atoms with Crippen LogP contribution in [0.5, 0.6) is 5.75 Å². The second kappa shape index (κ2) is 5.17. The molecule has 132 valence electrons. The van der Waals surface area contributed by atoms with Crippen molar-refractivity contribution in [3.8, 4) is 5.75 Å². The lowest BCUT2D eigenvalue weighted by Gasteiger charge is -2.39. The van der Waals surface area contributed by atoms with Gasteiger partial charge in [-0.2, -0.15) is 5.10 Å². The zero-order valence-corrected chi connectivity index (χ0v) is 15.6. The van der Waals surface area contributed by atoms with E-state index in [1.807, 2.05) is 55.8 Å². The highest BCUT2D eigenvalue weighted by Gasteiger charge is 2.42. The predicted octanol–water partition coefficient (Wildman–Crippen LogP) is 1.50. The lowest BCUT2D eigenvalue weighted by atomic mass is 9.93. The lowest BCUT2D eigenvalue weighted by molar-refractivity contribution is 0.0410. The van der Waals surface area contributed by atoms with Gasteiger partial charge in [0.05, 0.1) is 16.8 Å². The molecule has 2 aliphatic heterocycles. The number of ether oxygens (including phenoxy) is 1. The molecule has 0 saturated carbocycles. The molecule has 0 saturated heterocycles. The van der Waals surface area contributed by atoms with Crippen LogP contribution in [-0.2, 0) is 7.05 Å². The van der Waals surface area contributed by atoms with Crippen molar-refractivity contribution in [2.75, 3.05) is 0 Å². The molecule has 6 nitrogen and oxygen atoms in total. The summed E-state index contributed by atoms with van der Waals surface area (Å²) in [6.45, 7) is 3.98. The molecule has 2 aliphatic rings. The molecule has 0 spiro atoms. The quantitative estimate of drug-likeness (QED) is 0.656. The van der Waals surface area contributed by atoms with Crippen molar-refractivity contribution in [1.29, 1.82) is 0 Å². The third-order valence-corrected chi connectivity index (χ3v) is 6.20. The van der Waals surface area contributed by atoms with E-state index in [-0.39, 0.29) is 11.6 Å². The van der Waals surface area contributed by atoms with E-state index in [1.165, 1.54) is 11.3 Å². The van der Waals surface area contributed by atoms with E-state index >= 15 is 0 Å². The molecule has 4 heterocycles. The van der Waals surface area contributed by atoms with E-state index in [4.69, 9.17) is 9.73 Å². The molecular weight excluding hydrogens is 348 g/mol. The van der Waals surface area contributed by atoms with Gasteiger partial charge in [0.2, 0.25) is 5.72 Å². The first kappa shape index (κ1) is 15.6. The van der Waals surface area contributed by atoms with Gasteiger partial charge in [0.15, 0.2) is 4.80 Å². The first-order valence-electron chi connectivity index (χ1n) is 8.55. The highest BCUT2D eigenvalue weighted by molar-refractivity contribution is 7.07. The van der Waals surface area contributed by atoms with Crippen LogP contribution in [0.1, 0.15) is 36.2 Å². The van der Waals surface area contributed by atoms with Gasteiger partial charge < -0.3 is 4.74 Å². The molecule has 0 N–H and O–H groups in total. The molecule has 0 aliphatic carbocycles. The van der Waals surface area contributed by atoms with Crippen LogP contribution < -0.4 is 19.6 Å². The highest BCUT2D eigenvalue weighted by atomic mass is 32.1. The molecule has 0 unspecified atom stereocenters. The molecule has 1 aromatic carbocycles. The third kappa shape index (κ3) is 2.13. The van der Waals surface area contributed by atoms with E-state index in [2.05, 4.69) is 5.10 Å². The van der Waals surface area contributed by atoms with Gasteiger partial charge in [0.25, 0.3) is 5.56 Å². The SMILES string of the molecule is Cc1c(/C=c2/sc3n(c2=O)[C@@H]2C[C@@](C)(N=3)Oc3ccccc32)cnn1C. The topological polar surface area (TPSA) is 61.4 Å². The van der Waals surface area contributed by atoms with Crippen molar-refractivity contribution in [2.24, 2.45) is 12.0 Å². The molecule has 26 heavy (non-hydrogen) atoms. The summed E-state index contributed by atoms with van der Waals surface area (Å²) in [4.78, 5) is 18.6. The zero-order valence-electron chi connectivity index (χ0n) is 14.8. The van der Waals surface area contributed by atoms with Gasteiger partial charge in [0.1, 0.15) is 5.75 Å². The summed E-state index contributed by atoms with van der Waals surface area (Å²) in [5.74, 6) is 0.812. The predicted molar refractivity (Wildman–Crippen MR) is 99.1 cm³/mol. The van der Waals surface area contributed by atoms with Crippen LogP contribution in [0, 0.1) is 6.92 Å². The molecule has 0 radical (unpaired) electrons. The smallest absolute Gasteiger partial charge is 0.270 e. The van der Waals surface area contributed by atoms with Crippen molar-refractivity contribution in [1.82, 2.24) is 14.3 Å². The van der Waals surface area contributed by atoms with Crippen LogP contribution in [-0.4, -0.2) is 20.1 Å². The number of hydrogen-bond donors (Lipinski definition) is 0. The van der Waals surface area contributed by atoms with Crippen LogP contribution in [0.25, 0.3) is 6.08 Å². The van der Waals surface area contributed by atoms with Crippen molar-refractivity contribution < 1.29 is 4.74 Å². The van der Waals surface area contributed by atoms with Crippen LogP contribution >= 0.6 is 11.3 Å². The Bertz CT molecular complexity index is 1220.